The highest BCUT2D eigenvalue weighted by Crippen LogP contribution is 2.12. The molecule has 1 aromatic rings. The third-order valence-electron chi connectivity index (χ3n) is 2.98. The lowest BCUT2D eigenvalue weighted by Crippen LogP contribution is -1.90. The summed E-state index contributed by atoms with van der Waals surface area (Å²) in [5.74, 6) is 0.858. The molecular weight excluding hydrogens is 194 g/mol. The number of rotatable bonds is 7. The van der Waals surface area contributed by atoms with E-state index in [9.17, 15) is 0 Å². The van der Waals surface area contributed by atoms with E-state index in [1.54, 1.807) is 0 Å². The van der Waals surface area contributed by atoms with Gasteiger partial charge in [0.25, 0.3) is 0 Å². The van der Waals surface area contributed by atoms with Crippen molar-refractivity contribution < 1.29 is 0 Å². The summed E-state index contributed by atoms with van der Waals surface area (Å²) >= 11 is 0. The molecule has 0 amide bonds. The lowest BCUT2D eigenvalue weighted by molar-refractivity contribution is 0.520. The van der Waals surface area contributed by atoms with Gasteiger partial charge in [-0.25, -0.2) is 0 Å². The first-order chi connectivity index (χ1) is 7.68. The van der Waals surface area contributed by atoms with Gasteiger partial charge in [0.2, 0.25) is 0 Å². The molecule has 0 aliphatic heterocycles. The van der Waals surface area contributed by atoms with Gasteiger partial charge >= 0.3 is 0 Å². The van der Waals surface area contributed by atoms with Crippen molar-refractivity contribution in [1.29, 1.82) is 0 Å². The molecule has 1 nitrogen and oxygen atoms in total. The average Bonchev–Trinajstić information content (AvgIpc) is 2.25. The molecule has 1 heteroatoms. The number of unbranched alkanes of at least 4 members (excludes halogenated alkanes) is 3. The summed E-state index contributed by atoms with van der Waals surface area (Å²) in [4.78, 5) is 0. The molecule has 90 valence electrons. The smallest absolute Gasteiger partial charge is 0.0314 e. The topological polar surface area (TPSA) is 26.0 Å². The van der Waals surface area contributed by atoms with Gasteiger partial charge in [0.15, 0.2) is 0 Å². The zero-order chi connectivity index (χ0) is 11.8. The van der Waals surface area contributed by atoms with E-state index in [2.05, 4.69) is 26.0 Å². The van der Waals surface area contributed by atoms with Gasteiger partial charge in [-0.15, -0.1) is 0 Å². The van der Waals surface area contributed by atoms with E-state index in [0.29, 0.717) is 0 Å². The van der Waals surface area contributed by atoms with Crippen LogP contribution in [0.4, 0.5) is 5.69 Å². The molecule has 0 radical (unpaired) electrons. The van der Waals surface area contributed by atoms with Crippen molar-refractivity contribution in [3.63, 3.8) is 0 Å². The quantitative estimate of drug-likeness (QED) is 0.533. The molecule has 16 heavy (non-hydrogen) atoms. The van der Waals surface area contributed by atoms with E-state index in [1.807, 2.05) is 12.1 Å². The van der Waals surface area contributed by atoms with Gasteiger partial charge in [0, 0.05) is 5.69 Å². The number of hydrogen-bond donors (Lipinski definition) is 1. The summed E-state index contributed by atoms with van der Waals surface area (Å²) in [6, 6.07) is 8.27. The number of nitrogen functional groups attached to an aromatic ring is 1. The molecule has 0 aromatic heterocycles. The largest absolute Gasteiger partial charge is 0.399 e. The summed E-state index contributed by atoms with van der Waals surface area (Å²) in [5.41, 5.74) is 7.93. The monoisotopic (exact) mass is 219 g/mol. The minimum Gasteiger partial charge on any atom is -0.399 e. The van der Waals surface area contributed by atoms with E-state index >= 15 is 0 Å². The van der Waals surface area contributed by atoms with Crippen molar-refractivity contribution in [2.75, 3.05) is 5.73 Å². The van der Waals surface area contributed by atoms with E-state index in [0.717, 1.165) is 11.6 Å². The summed E-state index contributed by atoms with van der Waals surface area (Å²) in [6.45, 7) is 4.60. The first-order valence-electron chi connectivity index (χ1n) is 6.53. The van der Waals surface area contributed by atoms with Crippen LogP contribution >= 0.6 is 0 Å². The number of nitrogens with two attached hydrogens (primary N) is 1. The fourth-order valence-electron chi connectivity index (χ4n) is 1.92. The van der Waals surface area contributed by atoms with E-state index in [1.165, 1.54) is 44.1 Å². The Morgan fingerprint density at radius 1 is 0.938 bits per heavy atom. The maximum atomic E-state index is 5.65. The van der Waals surface area contributed by atoms with Gasteiger partial charge in [-0.3, -0.25) is 0 Å². The van der Waals surface area contributed by atoms with Crippen LogP contribution in [0.5, 0.6) is 0 Å². The zero-order valence-corrected chi connectivity index (χ0v) is 10.7. The molecule has 0 atom stereocenters. The van der Waals surface area contributed by atoms with Gasteiger partial charge in [-0.1, -0.05) is 51.7 Å². The van der Waals surface area contributed by atoms with Crippen LogP contribution in [0.3, 0.4) is 0 Å². The molecule has 0 aliphatic carbocycles. The second-order valence-electron chi connectivity index (χ2n) is 5.09. The van der Waals surface area contributed by atoms with Crippen LogP contribution < -0.4 is 5.73 Å². The molecule has 0 aliphatic rings. The Balaban J connectivity index is 2.05. The number of anilines is 1. The van der Waals surface area contributed by atoms with E-state index in [4.69, 9.17) is 5.73 Å². The summed E-state index contributed by atoms with van der Waals surface area (Å²) in [6.07, 6.45) is 8.01. The lowest BCUT2D eigenvalue weighted by atomic mass is 10.0. The molecule has 0 spiro atoms. The third kappa shape index (κ3) is 5.79. The van der Waals surface area contributed by atoms with Crippen LogP contribution in [-0.2, 0) is 6.42 Å². The van der Waals surface area contributed by atoms with Crippen LogP contribution in [0.2, 0.25) is 0 Å². The zero-order valence-electron chi connectivity index (χ0n) is 10.7. The first-order valence-corrected chi connectivity index (χ1v) is 6.53. The van der Waals surface area contributed by atoms with Crippen molar-refractivity contribution >= 4 is 5.69 Å². The Bertz CT molecular complexity index is 274. The molecular formula is C15H25N. The minimum atomic E-state index is 0.858. The molecule has 2 N–H and O–H groups in total. The second-order valence-corrected chi connectivity index (χ2v) is 5.09. The molecule has 0 saturated heterocycles. The third-order valence-corrected chi connectivity index (χ3v) is 2.98. The van der Waals surface area contributed by atoms with Crippen molar-refractivity contribution in [2.24, 2.45) is 5.92 Å². The van der Waals surface area contributed by atoms with Crippen molar-refractivity contribution in [1.82, 2.24) is 0 Å². The maximum absolute atomic E-state index is 5.65. The lowest BCUT2D eigenvalue weighted by Gasteiger charge is -2.04. The number of hydrogen-bond acceptors (Lipinski definition) is 1. The number of benzene rings is 1. The van der Waals surface area contributed by atoms with Gasteiger partial charge in [0.05, 0.1) is 0 Å². The Morgan fingerprint density at radius 3 is 2.19 bits per heavy atom. The summed E-state index contributed by atoms with van der Waals surface area (Å²) in [7, 11) is 0. The highest BCUT2D eigenvalue weighted by molar-refractivity contribution is 5.39. The van der Waals surface area contributed by atoms with Crippen LogP contribution in [0.1, 0.15) is 51.5 Å². The molecule has 0 saturated carbocycles. The Labute approximate surface area is 100 Å². The van der Waals surface area contributed by atoms with Crippen molar-refractivity contribution in [2.45, 2.75) is 52.4 Å². The van der Waals surface area contributed by atoms with Crippen molar-refractivity contribution in [3.05, 3.63) is 29.8 Å². The minimum absolute atomic E-state index is 0.858. The highest BCUT2D eigenvalue weighted by Gasteiger charge is 1.96. The van der Waals surface area contributed by atoms with Crippen LogP contribution in [-0.4, -0.2) is 0 Å². The molecule has 1 aromatic carbocycles. The van der Waals surface area contributed by atoms with Gasteiger partial charge < -0.3 is 5.73 Å². The standard InChI is InChI=1S/C15H25N/c1-13(2)7-5-3-4-6-8-14-9-11-15(16)12-10-14/h9-13H,3-8,16H2,1-2H3. The van der Waals surface area contributed by atoms with E-state index in [-0.39, 0.29) is 0 Å². The van der Waals surface area contributed by atoms with Gasteiger partial charge in [-0.05, 0) is 36.5 Å². The average molecular weight is 219 g/mol. The highest BCUT2D eigenvalue weighted by atomic mass is 14.5. The fraction of sp³-hybridized carbons (Fsp3) is 0.600. The van der Waals surface area contributed by atoms with Crippen molar-refractivity contribution in [3.8, 4) is 0 Å². The predicted octanol–water partition coefficient (Wildman–Crippen LogP) is 4.42. The Hall–Kier alpha value is -0.980. The second kappa shape index (κ2) is 7.32. The summed E-state index contributed by atoms with van der Waals surface area (Å²) < 4.78 is 0. The fourth-order valence-corrected chi connectivity index (χ4v) is 1.92. The molecule has 0 bridgehead atoms. The number of aryl methyl sites for hydroxylation is 1. The van der Waals surface area contributed by atoms with Gasteiger partial charge in [-0.2, -0.15) is 0 Å². The summed E-state index contributed by atoms with van der Waals surface area (Å²) in [5, 5.41) is 0. The predicted molar refractivity (Wildman–Crippen MR) is 72.5 cm³/mol. The molecule has 0 heterocycles. The molecule has 0 fully saturated rings. The Morgan fingerprint density at radius 2 is 1.56 bits per heavy atom. The molecule has 0 unspecified atom stereocenters. The normalized spacial score (nSPS) is 10.9. The van der Waals surface area contributed by atoms with Crippen LogP contribution in [0.15, 0.2) is 24.3 Å². The first kappa shape index (κ1) is 13.1. The van der Waals surface area contributed by atoms with E-state index < -0.39 is 0 Å². The van der Waals surface area contributed by atoms with Crippen LogP contribution in [0, 0.1) is 5.92 Å². The van der Waals surface area contributed by atoms with Gasteiger partial charge in [0.1, 0.15) is 0 Å². The maximum Gasteiger partial charge on any atom is 0.0314 e. The molecule has 1 rings (SSSR count). The Kier molecular flexibility index (Phi) is 5.99. The SMILES string of the molecule is CC(C)CCCCCCc1ccc(N)cc1. The van der Waals surface area contributed by atoms with Crippen LogP contribution in [0.25, 0.3) is 0 Å².